The smallest absolute Gasteiger partial charge is 0.326 e. The van der Waals surface area contributed by atoms with Crippen LogP contribution in [0.2, 0.25) is 0 Å². The maximum Gasteiger partial charge on any atom is 0.326 e. The third-order valence-corrected chi connectivity index (χ3v) is 3.81. The van der Waals surface area contributed by atoms with Gasteiger partial charge in [-0.3, -0.25) is 9.59 Å². The Morgan fingerprint density at radius 2 is 2.20 bits per heavy atom. The lowest BCUT2D eigenvalue weighted by Gasteiger charge is -2.32. The van der Waals surface area contributed by atoms with Gasteiger partial charge in [-0.2, -0.15) is 0 Å². The van der Waals surface area contributed by atoms with Gasteiger partial charge in [0.25, 0.3) is 5.91 Å². The van der Waals surface area contributed by atoms with Crippen LogP contribution in [0.4, 0.5) is 5.13 Å². The normalized spacial score (nSPS) is 18.6. The average molecular weight is 297 g/mol. The summed E-state index contributed by atoms with van der Waals surface area (Å²) in [7, 11) is 0. The molecule has 2 heterocycles. The highest BCUT2D eigenvalue weighted by molar-refractivity contribution is 7.14. The Kier molecular flexibility index (Phi) is 4.33. The number of nitrogens with one attached hydrogen (secondary N) is 1. The summed E-state index contributed by atoms with van der Waals surface area (Å²) in [4.78, 5) is 39.8. The minimum atomic E-state index is -0.990. The number of carbonyl (C=O) groups is 3. The van der Waals surface area contributed by atoms with Crippen LogP contribution in [-0.2, 0) is 9.59 Å². The molecule has 2 N–H and O–H groups in total. The summed E-state index contributed by atoms with van der Waals surface area (Å²) in [5.41, 5.74) is 0.173. The van der Waals surface area contributed by atoms with E-state index in [1.807, 2.05) is 0 Å². The summed E-state index contributed by atoms with van der Waals surface area (Å²) in [6, 6.07) is -0.790. The molecule has 1 saturated heterocycles. The van der Waals surface area contributed by atoms with E-state index in [4.69, 9.17) is 5.11 Å². The van der Waals surface area contributed by atoms with E-state index in [1.54, 1.807) is 0 Å². The maximum absolute atomic E-state index is 12.3. The van der Waals surface area contributed by atoms with E-state index in [-0.39, 0.29) is 11.6 Å². The van der Waals surface area contributed by atoms with Crippen LogP contribution in [0.1, 0.15) is 36.7 Å². The van der Waals surface area contributed by atoms with Gasteiger partial charge >= 0.3 is 5.97 Å². The van der Waals surface area contributed by atoms with Crippen molar-refractivity contribution < 1.29 is 19.5 Å². The molecule has 0 spiro atoms. The number of aliphatic carboxylic acids is 1. The summed E-state index contributed by atoms with van der Waals surface area (Å²) in [6.07, 6.45) is 2.05. The van der Waals surface area contributed by atoms with E-state index >= 15 is 0 Å². The van der Waals surface area contributed by atoms with Gasteiger partial charge in [0.05, 0.1) is 0 Å². The van der Waals surface area contributed by atoms with Gasteiger partial charge in [-0.05, 0) is 19.3 Å². The summed E-state index contributed by atoms with van der Waals surface area (Å²) in [6.45, 7) is 1.77. The molecule has 1 aliphatic rings. The third-order valence-electron chi connectivity index (χ3n) is 3.05. The Morgan fingerprint density at radius 1 is 1.45 bits per heavy atom. The first-order chi connectivity index (χ1) is 9.49. The number of nitrogens with zero attached hydrogens (tertiary/aromatic N) is 2. The third kappa shape index (κ3) is 3.13. The lowest BCUT2D eigenvalue weighted by atomic mass is 10.0. The first-order valence-corrected chi connectivity index (χ1v) is 7.14. The number of carboxylic acids is 1. The van der Waals surface area contributed by atoms with E-state index in [0.717, 1.165) is 24.2 Å². The molecular formula is C12H15N3O4S. The first kappa shape index (κ1) is 14.4. The number of hydrogen-bond acceptors (Lipinski definition) is 5. The van der Waals surface area contributed by atoms with Crippen molar-refractivity contribution in [3.8, 4) is 0 Å². The number of carboxylic acid groups (broad SMARTS) is 1. The molecule has 1 aliphatic heterocycles. The fourth-order valence-electron chi connectivity index (χ4n) is 2.16. The van der Waals surface area contributed by atoms with Crippen molar-refractivity contribution in [3.05, 3.63) is 11.1 Å². The van der Waals surface area contributed by atoms with Crippen LogP contribution in [0.15, 0.2) is 5.38 Å². The van der Waals surface area contributed by atoms with Crippen LogP contribution in [0.25, 0.3) is 0 Å². The lowest BCUT2D eigenvalue weighted by molar-refractivity contribution is -0.143. The molecule has 2 amide bonds. The molecule has 20 heavy (non-hydrogen) atoms. The SMILES string of the molecule is CC(=O)Nc1nc(C(=O)N2CCCC[C@H]2C(=O)O)cs1. The number of piperidine rings is 1. The Bertz CT molecular complexity index is 543. The van der Waals surface area contributed by atoms with Gasteiger partial charge in [0.2, 0.25) is 5.91 Å². The van der Waals surface area contributed by atoms with Gasteiger partial charge in [0.1, 0.15) is 11.7 Å². The van der Waals surface area contributed by atoms with Gasteiger partial charge in [-0.1, -0.05) is 0 Å². The molecule has 2 rings (SSSR count). The van der Waals surface area contributed by atoms with Crippen LogP contribution in [0.5, 0.6) is 0 Å². The lowest BCUT2D eigenvalue weighted by Crippen LogP contribution is -2.48. The number of carbonyl (C=O) groups excluding carboxylic acids is 2. The van der Waals surface area contributed by atoms with E-state index in [2.05, 4.69) is 10.3 Å². The van der Waals surface area contributed by atoms with Crippen molar-refractivity contribution in [2.24, 2.45) is 0 Å². The molecule has 1 aromatic rings. The Morgan fingerprint density at radius 3 is 2.85 bits per heavy atom. The number of hydrogen-bond donors (Lipinski definition) is 2. The van der Waals surface area contributed by atoms with Gasteiger partial charge in [0, 0.05) is 18.8 Å². The van der Waals surface area contributed by atoms with Crippen molar-refractivity contribution in [2.45, 2.75) is 32.2 Å². The Labute approximate surface area is 119 Å². The second-order valence-corrected chi connectivity index (χ2v) is 5.43. The number of anilines is 1. The zero-order valence-corrected chi connectivity index (χ0v) is 11.8. The number of rotatable bonds is 3. The summed E-state index contributed by atoms with van der Waals surface area (Å²) >= 11 is 1.14. The molecule has 1 atom stereocenters. The first-order valence-electron chi connectivity index (χ1n) is 6.26. The predicted molar refractivity (Wildman–Crippen MR) is 72.7 cm³/mol. The zero-order chi connectivity index (χ0) is 14.7. The molecule has 108 valence electrons. The minimum Gasteiger partial charge on any atom is -0.480 e. The zero-order valence-electron chi connectivity index (χ0n) is 11.0. The molecule has 0 aromatic carbocycles. The monoisotopic (exact) mass is 297 g/mol. The molecular weight excluding hydrogens is 282 g/mol. The molecule has 0 aliphatic carbocycles. The van der Waals surface area contributed by atoms with Crippen molar-refractivity contribution in [3.63, 3.8) is 0 Å². The molecule has 0 unspecified atom stereocenters. The summed E-state index contributed by atoms with van der Waals surface area (Å²) < 4.78 is 0. The van der Waals surface area contributed by atoms with Crippen LogP contribution in [0.3, 0.4) is 0 Å². The fraction of sp³-hybridized carbons (Fsp3) is 0.500. The highest BCUT2D eigenvalue weighted by Gasteiger charge is 2.33. The highest BCUT2D eigenvalue weighted by Crippen LogP contribution is 2.22. The second-order valence-electron chi connectivity index (χ2n) is 4.57. The molecule has 0 bridgehead atoms. The highest BCUT2D eigenvalue weighted by atomic mass is 32.1. The van der Waals surface area contributed by atoms with E-state index in [1.165, 1.54) is 17.2 Å². The number of aromatic nitrogens is 1. The average Bonchev–Trinajstić information content (AvgIpc) is 2.85. The van der Waals surface area contributed by atoms with Crippen molar-refractivity contribution in [1.29, 1.82) is 0 Å². The predicted octanol–water partition coefficient (Wildman–Crippen LogP) is 1.18. The number of amides is 2. The molecule has 1 fully saturated rings. The Balaban J connectivity index is 2.14. The van der Waals surface area contributed by atoms with Gasteiger partial charge in [-0.25, -0.2) is 9.78 Å². The van der Waals surface area contributed by atoms with Crippen LogP contribution in [0, 0.1) is 0 Å². The minimum absolute atomic E-state index is 0.173. The van der Waals surface area contributed by atoms with Gasteiger partial charge in [-0.15, -0.1) is 11.3 Å². The second kappa shape index (κ2) is 6.00. The standard InChI is InChI=1S/C12H15N3O4S/c1-7(16)13-12-14-8(6-20-12)10(17)15-5-3-2-4-9(15)11(18)19/h6,9H,2-5H2,1H3,(H,18,19)(H,13,14,16)/t9-/m0/s1. The van der Waals surface area contributed by atoms with Crippen LogP contribution in [-0.4, -0.2) is 45.4 Å². The Hall–Kier alpha value is -1.96. The molecule has 1 aromatic heterocycles. The van der Waals surface area contributed by atoms with E-state index < -0.39 is 17.9 Å². The van der Waals surface area contributed by atoms with Crippen molar-refractivity contribution in [2.75, 3.05) is 11.9 Å². The fourth-order valence-corrected chi connectivity index (χ4v) is 2.89. The van der Waals surface area contributed by atoms with Gasteiger partial charge < -0.3 is 15.3 Å². The van der Waals surface area contributed by atoms with Crippen molar-refractivity contribution >= 4 is 34.3 Å². The number of likely N-dealkylation sites (tertiary alicyclic amines) is 1. The van der Waals surface area contributed by atoms with Gasteiger partial charge in [0.15, 0.2) is 5.13 Å². The van der Waals surface area contributed by atoms with Crippen molar-refractivity contribution in [1.82, 2.24) is 9.88 Å². The van der Waals surface area contributed by atoms with E-state index in [0.29, 0.717) is 18.1 Å². The molecule has 0 radical (unpaired) electrons. The molecule has 8 heteroatoms. The topological polar surface area (TPSA) is 99.6 Å². The van der Waals surface area contributed by atoms with Crippen LogP contribution >= 0.6 is 11.3 Å². The maximum atomic E-state index is 12.3. The molecule has 0 saturated carbocycles. The van der Waals surface area contributed by atoms with Crippen LogP contribution < -0.4 is 5.32 Å². The summed E-state index contributed by atoms with van der Waals surface area (Å²) in [5, 5.41) is 13.5. The molecule has 7 nitrogen and oxygen atoms in total. The quantitative estimate of drug-likeness (QED) is 0.872. The number of thiazole rings is 1. The largest absolute Gasteiger partial charge is 0.480 e. The van der Waals surface area contributed by atoms with E-state index in [9.17, 15) is 14.4 Å². The summed E-state index contributed by atoms with van der Waals surface area (Å²) in [5.74, 6) is -1.65.